The van der Waals surface area contributed by atoms with Gasteiger partial charge in [0.2, 0.25) is 5.91 Å². The number of carbonyl (C=O) groups is 1. The first kappa shape index (κ1) is 21.9. The molecule has 2 N–H and O–H groups in total. The second-order valence-electron chi connectivity index (χ2n) is 8.28. The van der Waals surface area contributed by atoms with E-state index in [2.05, 4.69) is 48.7 Å². The molecule has 1 heterocycles. The summed E-state index contributed by atoms with van der Waals surface area (Å²) < 4.78 is 6.10. The molecule has 0 bridgehead atoms. The highest BCUT2D eigenvalue weighted by atomic mass is 16.5. The lowest BCUT2D eigenvalue weighted by atomic mass is 9.88. The Morgan fingerprint density at radius 1 is 1.17 bits per heavy atom. The van der Waals surface area contributed by atoms with Crippen molar-refractivity contribution in [3.63, 3.8) is 0 Å². The van der Waals surface area contributed by atoms with Crippen molar-refractivity contribution in [1.82, 2.24) is 10.6 Å². The van der Waals surface area contributed by atoms with Gasteiger partial charge in [0.1, 0.15) is 18.4 Å². The number of rotatable bonds is 8. The SMILES string of the molecule is CC(C)CC(C(=O)NCC#N)c1cccc(-c2ccc(OC3CCNCC3)cc2)c1. The first-order valence-electron chi connectivity index (χ1n) is 10.8. The van der Waals surface area contributed by atoms with Crippen LogP contribution >= 0.6 is 0 Å². The molecule has 1 aliphatic rings. The van der Waals surface area contributed by atoms with E-state index in [1.165, 1.54) is 0 Å². The van der Waals surface area contributed by atoms with Crippen LogP contribution in [0.5, 0.6) is 5.75 Å². The number of piperidine rings is 1. The zero-order valence-electron chi connectivity index (χ0n) is 17.9. The lowest BCUT2D eigenvalue weighted by Gasteiger charge is -2.24. The molecule has 0 aromatic heterocycles. The average Bonchev–Trinajstić information content (AvgIpc) is 2.77. The van der Waals surface area contributed by atoms with Crippen molar-refractivity contribution in [2.24, 2.45) is 5.92 Å². The second kappa shape index (κ2) is 10.8. The van der Waals surface area contributed by atoms with Gasteiger partial charge in [-0.2, -0.15) is 5.26 Å². The van der Waals surface area contributed by atoms with Crippen molar-refractivity contribution in [3.8, 4) is 22.9 Å². The van der Waals surface area contributed by atoms with Gasteiger partial charge >= 0.3 is 0 Å². The van der Waals surface area contributed by atoms with Gasteiger partial charge in [-0.05, 0) is 67.1 Å². The van der Waals surface area contributed by atoms with Crippen molar-refractivity contribution < 1.29 is 9.53 Å². The molecule has 5 nitrogen and oxygen atoms in total. The fraction of sp³-hybridized carbons (Fsp3) is 0.440. The summed E-state index contributed by atoms with van der Waals surface area (Å²) in [6.07, 6.45) is 3.09. The normalized spacial score (nSPS) is 15.4. The van der Waals surface area contributed by atoms with E-state index in [0.29, 0.717) is 5.92 Å². The highest BCUT2D eigenvalue weighted by molar-refractivity contribution is 5.84. The molecule has 1 fully saturated rings. The van der Waals surface area contributed by atoms with Crippen LogP contribution in [0.15, 0.2) is 48.5 Å². The van der Waals surface area contributed by atoms with Crippen molar-refractivity contribution >= 4 is 5.91 Å². The van der Waals surface area contributed by atoms with Crippen LogP contribution in [0.1, 0.15) is 44.6 Å². The summed E-state index contributed by atoms with van der Waals surface area (Å²) in [5.41, 5.74) is 3.14. The van der Waals surface area contributed by atoms with E-state index in [1.54, 1.807) is 0 Å². The van der Waals surface area contributed by atoms with Gasteiger partial charge in [0.25, 0.3) is 0 Å². The molecule has 1 atom stereocenters. The molecule has 1 unspecified atom stereocenters. The van der Waals surface area contributed by atoms with Crippen molar-refractivity contribution in [2.75, 3.05) is 19.6 Å². The molecule has 1 saturated heterocycles. The quantitative estimate of drug-likeness (QED) is 0.644. The summed E-state index contributed by atoms with van der Waals surface area (Å²) in [7, 11) is 0. The molecule has 0 aliphatic carbocycles. The predicted octanol–water partition coefficient (Wildman–Crippen LogP) is 4.25. The number of amides is 1. The van der Waals surface area contributed by atoms with E-state index in [9.17, 15) is 4.79 Å². The highest BCUT2D eigenvalue weighted by Crippen LogP contribution is 2.29. The molecular weight excluding hydrogens is 374 g/mol. The number of ether oxygens (including phenoxy) is 1. The second-order valence-corrected chi connectivity index (χ2v) is 8.28. The topological polar surface area (TPSA) is 74.2 Å². The Bertz CT molecular complexity index is 865. The van der Waals surface area contributed by atoms with E-state index in [4.69, 9.17) is 10.00 Å². The summed E-state index contributed by atoms with van der Waals surface area (Å²) in [6.45, 7) is 6.26. The summed E-state index contributed by atoms with van der Waals surface area (Å²) in [6, 6.07) is 18.3. The Balaban J connectivity index is 1.75. The minimum atomic E-state index is -0.263. The van der Waals surface area contributed by atoms with Gasteiger partial charge in [0.15, 0.2) is 0 Å². The maximum atomic E-state index is 12.6. The van der Waals surface area contributed by atoms with Gasteiger partial charge in [-0.1, -0.05) is 50.2 Å². The fourth-order valence-electron chi connectivity index (χ4n) is 3.88. The molecule has 30 heavy (non-hydrogen) atoms. The lowest BCUT2D eigenvalue weighted by Crippen LogP contribution is -2.34. The first-order chi connectivity index (χ1) is 14.6. The molecular formula is C25H31N3O2. The molecule has 0 radical (unpaired) electrons. The predicted molar refractivity (Wildman–Crippen MR) is 119 cm³/mol. The van der Waals surface area contributed by atoms with Crippen molar-refractivity contribution in [2.45, 2.75) is 45.1 Å². The Kier molecular flexibility index (Phi) is 7.87. The van der Waals surface area contributed by atoms with Crippen LogP contribution in [0.3, 0.4) is 0 Å². The molecule has 2 aromatic carbocycles. The van der Waals surface area contributed by atoms with Crippen LogP contribution in [0.4, 0.5) is 0 Å². The summed E-state index contributed by atoms with van der Waals surface area (Å²) in [4.78, 5) is 12.6. The minimum Gasteiger partial charge on any atom is -0.490 e. The van der Waals surface area contributed by atoms with Crippen LogP contribution < -0.4 is 15.4 Å². The number of hydrogen-bond donors (Lipinski definition) is 2. The molecule has 2 aromatic rings. The number of nitrogens with zero attached hydrogens (tertiary/aromatic N) is 1. The van der Waals surface area contributed by atoms with Crippen molar-refractivity contribution in [1.29, 1.82) is 5.26 Å². The van der Waals surface area contributed by atoms with Crippen LogP contribution in [0, 0.1) is 17.2 Å². The number of hydrogen-bond acceptors (Lipinski definition) is 4. The maximum Gasteiger partial charge on any atom is 0.228 e. The smallest absolute Gasteiger partial charge is 0.228 e. The monoisotopic (exact) mass is 405 g/mol. The number of nitrogens with one attached hydrogen (secondary N) is 2. The zero-order valence-corrected chi connectivity index (χ0v) is 17.9. The standard InChI is InChI=1S/C25H31N3O2/c1-18(2)16-24(25(29)28-15-12-26)21-5-3-4-20(17-21)19-6-8-22(9-7-19)30-23-10-13-27-14-11-23/h3-9,17-18,23-24,27H,10-11,13-16H2,1-2H3,(H,28,29). The molecule has 0 spiro atoms. The first-order valence-corrected chi connectivity index (χ1v) is 10.8. The molecule has 3 rings (SSSR count). The summed E-state index contributed by atoms with van der Waals surface area (Å²) >= 11 is 0. The van der Waals surface area contributed by atoms with E-state index in [0.717, 1.165) is 54.8 Å². The van der Waals surface area contributed by atoms with Gasteiger partial charge in [-0.15, -0.1) is 0 Å². The maximum absolute atomic E-state index is 12.6. The van der Waals surface area contributed by atoms with Gasteiger partial charge in [-0.25, -0.2) is 0 Å². The Morgan fingerprint density at radius 2 is 1.90 bits per heavy atom. The summed E-state index contributed by atoms with van der Waals surface area (Å²) in [5.74, 6) is 0.919. The number of nitriles is 1. The molecule has 158 valence electrons. The Labute approximate surface area is 179 Å². The molecule has 1 aliphatic heterocycles. The highest BCUT2D eigenvalue weighted by Gasteiger charge is 2.22. The van der Waals surface area contributed by atoms with Gasteiger partial charge in [-0.3, -0.25) is 4.79 Å². The third-order valence-corrected chi connectivity index (χ3v) is 5.43. The van der Waals surface area contributed by atoms with Crippen LogP contribution in [0.2, 0.25) is 0 Å². The van der Waals surface area contributed by atoms with Crippen LogP contribution in [-0.4, -0.2) is 31.6 Å². The fourth-order valence-corrected chi connectivity index (χ4v) is 3.88. The van der Waals surface area contributed by atoms with Crippen LogP contribution in [0.25, 0.3) is 11.1 Å². The van der Waals surface area contributed by atoms with Crippen LogP contribution in [-0.2, 0) is 4.79 Å². The van der Waals surface area contributed by atoms with Gasteiger partial charge in [0, 0.05) is 0 Å². The third-order valence-electron chi connectivity index (χ3n) is 5.43. The van der Waals surface area contributed by atoms with E-state index in [-0.39, 0.29) is 24.5 Å². The van der Waals surface area contributed by atoms with Gasteiger partial charge < -0.3 is 15.4 Å². The zero-order chi connectivity index (χ0) is 21.3. The van der Waals surface area contributed by atoms with E-state index < -0.39 is 0 Å². The number of carbonyl (C=O) groups excluding carboxylic acids is 1. The minimum absolute atomic E-state index is 0.0334. The Morgan fingerprint density at radius 3 is 2.57 bits per heavy atom. The lowest BCUT2D eigenvalue weighted by molar-refractivity contribution is -0.122. The molecule has 1 amide bonds. The largest absolute Gasteiger partial charge is 0.490 e. The summed E-state index contributed by atoms with van der Waals surface area (Å²) in [5, 5.41) is 14.9. The Hall–Kier alpha value is -2.84. The third kappa shape index (κ3) is 6.08. The van der Waals surface area contributed by atoms with Gasteiger partial charge in [0.05, 0.1) is 12.0 Å². The molecule has 0 saturated carbocycles. The average molecular weight is 406 g/mol. The van der Waals surface area contributed by atoms with E-state index in [1.807, 2.05) is 30.3 Å². The molecule has 5 heteroatoms. The van der Waals surface area contributed by atoms with Crippen molar-refractivity contribution in [3.05, 3.63) is 54.1 Å². The number of benzene rings is 2. The van der Waals surface area contributed by atoms with E-state index >= 15 is 0 Å².